The van der Waals surface area contributed by atoms with Gasteiger partial charge in [-0.3, -0.25) is 16.0 Å². The summed E-state index contributed by atoms with van der Waals surface area (Å²) < 4.78 is 62.6. The van der Waals surface area contributed by atoms with Crippen molar-refractivity contribution in [2.24, 2.45) is 15.0 Å². The zero-order chi connectivity index (χ0) is 95.1. The number of nitrogens with one attached hydrogen (secondary N) is 3. The van der Waals surface area contributed by atoms with Crippen molar-refractivity contribution in [3.63, 3.8) is 0 Å². The van der Waals surface area contributed by atoms with Crippen molar-refractivity contribution in [2.75, 3.05) is 76.9 Å². The van der Waals surface area contributed by atoms with E-state index in [0.717, 1.165) is 43.2 Å². The van der Waals surface area contributed by atoms with E-state index >= 15 is 0 Å². The minimum Gasteiger partial charge on any atom is -0.460 e. The van der Waals surface area contributed by atoms with Gasteiger partial charge in [0.2, 0.25) is 18.2 Å². The lowest BCUT2D eigenvalue weighted by Crippen LogP contribution is -2.26. The van der Waals surface area contributed by atoms with Crippen molar-refractivity contribution in [2.45, 2.75) is 47.7 Å². The average molecular weight is 1990 g/mol. The number of esters is 2. The van der Waals surface area contributed by atoms with Crippen LogP contribution in [-0.4, -0.2) is 138 Å². The summed E-state index contributed by atoms with van der Waals surface area (Å²) in [7, 11) is 0. The summed E-state index contributed by atoms with van der Waals surface area (Å²) >= 11 is 21.4. The molecule has 134 heavy (non-hydrogen) atoms. The van der Waals surface area contributed by atoms with Crippen molar-refractivity contribution < 1.29 is 99.4 Å². The Labute approximate surface area is 810 Å². The third-order valence-corrected chi connectivity index (χ3v) is 27.3. The summed E-state index contributed by atoms with van der Waals surface area (Å²) in [5.41, 5.74) is 2.41. The Morgan fingerprint density at radius 1 is 0.328 bits per heavy atom. The number of carbonyl (C=O) groups excluding carboxylic acids is 8. The maximum Gasteiger partial charge on any atom is 0.490 e. The van der Waals surface area contributed by atoms with Gasteiger partial charge in [0, 0.05) is 117 Å². The summed E-state index contributed by atoms with van der Waals surface area (Å²) in [5, 5.41) is 26.2. The lowest BCUT2D eigenvalue weighted by molar-refractivity contribution is -0.139. The molecule has 12 aromatic carbocycles. The van der Waals surface area contributed by atoms with Gasteiger partial charge < -0.3 is 61.0 Å². The second-order valence-electron chi connectivity index (χ2n) is 26.5. The van der Waals surface area contributed by atoms with E-state index in [9.17, 15) is 43.5 Å². The summed E-state index contributed by atoms with van der Waals surface area (Å²) in [6, 6.07) is 97.8. The number of rotatable bonds is 45. The van der Waals surface area contributed by atoms with Gasteiger partial charge in [0.25, 0.3) is 0 Å². The Morgan fingerprint density at radius 2 is 0.552 bits per heavy atom. The van der Waals surface area contributed by atoms with Gasteiger partial charge in [0.05, 0.1) is 29.8 Å². The van der Waals surface area contributed by atoms with E-state index in [1.807, 2.05) is 158 Å². The first-order chi connectivity index (χ1) is 65.2. The summed E-state index contributed by atoms with van der Waals surface area (Å²) in [5.74, 6) is 4.29. The van der Waals surface area contributed by atoms with Gasteiger partial charge in [-0.25, -0.2) is 38.4 Å². The number of aliphatic hydroxyl groups excluding tert-OH is 2. The summed E-state index contributed by atoms with van der Waals surface area (Å²) in [4.78, 5) is 109. The highest BCUT2D eigenvalue weighted by atomic mass is 32.5. The van der Waals surface area contributed by atoms with E-state index in [4.69, 9.17) is 74.8 Å². The smallest absolute Gasteiger partial charge is 0.460 e. The van der Waals surface area contributed by atoms with Crippen LogP contribution in [0.1, 0.15) is 0 Å². The quantitative estimate of drug-likeness (QED) is 0.00346. The van der Waals surface area contributed by atoms with Gasteiger partial charge in [0.1, 0.15) is 66.5 Å². The molecule has 0 saturated heterocycles. The van der Waals surface area contributed by atoms with Crippen molar-refractivity contribution in [3.05, 3.63) is 353 Å². The molecule has 0 aliphatic carbocycles. The first kappa shape index (κ1) is 105. The number of hydrogen-bond acceptors (Lipinski definition) is 32. The number of nitrogens with zero attached hydrogens (tertiary/aromatic N) is 3. The Morgan fingerprint density at radius 3 is 0.791 bits per heavy atom. The highest BCUT2D eigenvalue weighted by molar-refractivity contribution is 8.08. The second kappa shape index (κ2) is 59.6. The molecule has 0 heterocycles. The molecule has 0 aliphatic rings. The highest BCUT2D eigenvalue weighted by Crippen LogP contribution is 2.52. The predicted octanol–water partition coefficient (Wildman–Crippen LogP) is 23.7. The SMILES string of the molecule is C=CC(=O)OCCO.C=CC(=O)OCCOC(=O)Nc1ccc(OP(=S)(Oc2ccc(NC(=O)OC(CSc3ccccc3)CSc3ccccc3)cc2)Oc2ccc(NC(=O)OC(CSc3ccccc3)CSc3ccccc3)cc2)cc1.O=C=Nc1ccc(OP(=S)(Oc2ccc(N=C=O)cc2)Oc2ccc(N=C=O)cc2)cc1.OC(CSc1ccccc1)CSc1ccccc1. The van der Waals surface area contributed by atoms with E-state index < -0.39 is 55.9 Å². The van der Waals surface area contributed by atoms with Crippen LogP contribution >= 0.6 is 84.0 Å². The summed E-state index contributed by atoms with van der Waals surface area (Å²) in [6.07, 6.45) is 3.31. The first-order valence-corrected chi connectivity index (χ1v) is 51.3. The molecule has 3 amide bonds. The van der Waals surface area contributed by atoms with E-state index in [-0.39, 0.29) is 49.8 Å². The van der Waals surface area contributed by atoms with E-state index in [2.05, 4.69) is 73.1 Å². The fourth-order valence-corrected chi connectivity index (χ4v) is 20.3. The normalized spacial score (nSPS) is 10.9. The molecule has 0 fully saturated rings. The molecule has 12 aromatic rings. The molecule has 0 bridgehead atoms. The fraction of sp³-hybridized carbons (Fsp3) is 0.134. The molecule has 37 heteroatoms. The van der Waals surface area contributed by atoms with Crippen LogP contribution < -0.4 is 43.1 Å². The van der Waals surface area contributed by atoms with Crippen LogP contribution in [0.4, 0.5) is 48.5 Å². The molecule has 0 spiro atoms. The number of thioether (sulfide) groups is 6. The van der Waals surface area contributed by atoms with Gasteiger partial charge in [0.15, 0.2) is 0 Å². The van der Waals surface area contributed by atoms with Crippen LogP contribution in [0.15, 0.2) is 397 Å². The van der Waals surface area contributed by atoms with Crippen LogP contribution in [0, 0.1) is 0 Å². The molecule has 0 atom stereocenters. The van der Waals surface area contributed by atoms with Crippen molar-refractivity contribution in [1.29, 1.82) is 0 Å². The molecular weight excluding hydrogens is 1900 g/mol. The fourth-order valence-electron chi connectivity index (χ4n) is 10.4. The highest BCUT2D eigenvalue weighted by Gasteiger charge is 2.30. The zero-order valence-corrected chi connectivity index (χ0v) is 79.5. The molecule has 27 nitrogen and oxygen atoms in total. The number of aliphatic imine (C=N–C) groups is 3. The Bertz CT molecular complexity index is 5440. The molecule has 690 valence electrons. The monoisotopic (exact) mass is 1990 g/mol. The predicted molar refractivity (Wildman–Crippen MR) is 535 cm³/mol. The summed E-state index contributed by atoms with van der Waals surface area (Å²) in [6.45, 7) is -1.16. The van der Waals surface area contributed by atoms with Crippen LogP contribution in [-0.2, 0) is 71.3 Å². The maximum atomic E-state index is 13.3. The first-order valence-electron chi connectivity index (χ1n) is 40.3. The van der Waals surface area contributed by atoms with Gasteiger partial charge in [-0.1, -0.05) is 122 Å². The Hall–Kier alpha value is -12.9. The number of ether oxygens (including phenoxy) is 5. The van der Waals surface area contributed by atoms with E-state index in [0.29, 0.717) is 74.4 Å². The maximum absolute atomic E-state index is 13.3. The largest absolute Gasteiger partial charge is 0.490 e. The number of carbonyl (C=O) groups is 5. The van der Waals surface area contributed by atoms with Crippen LogP contribution in [0.25, 0.3) is 0 Å². The lowest BCUT2D eigenvalue weighted by atomic mass is 10.3. The molecule has 0 aliphatic heterocycles. The second-order valence-corrected chi connectivity index (χ2v) is 38.7. The zero-order valence-electron chi connectivity index (χ0n) is 71.2. The lowest BCUT2D eigenvalue weighted by Gasteiger charge is -2.23. The number of aliphatic hydroxyl groups is 2. The number of anilines is 3. The Balaban J connectivity index is 0.000000279. The van der Waals surface area contributed by atoms with Crippen molar-refractivity contribution >= 4 is 190 Å². The van der Waals surface area contributed by atoms with E-state index in [1.165, 1.54) is 28.0 Å². The number of hydrogen-bond donors (Lipinski definition) is 5. The van der Waals surface area contributed by atoms with Crippen molar-refractivity contribution in [3.8, 4) is 34.5 Å². The number of amides is 3. The van der Waals surface area contributed by atoms with Crippen LogP contribution in [0.5, 0.6) is 34.5 Å². The van der Waals surface area contributed by atoms with E-state index in [1.54, 1.807) is 216 Å². The molecule has 5 N–H and O–H groups in total. The van der Waals surface area contributed by atoms with Gasteiger partial charge in [-0.2, -0.15) is 15.0 Å². The molecule has 0 saturated carbocycles. The van der Waals surface area contributed by atoms with Gasteiger partial charge in [-0.15, -0.1) is 70.6 Å². The third kappa shape index (κ3) is 41.9. The van der Waals surface area contributed by atoms with Crippen molar-refractivity contribution in [1.82, 2.24) is 0 Å². The molecule has 0 unspecified atom stereocenters. The molecule has 12 rings (SSSR count). The number of benzene rings is 12. The van der Waals surface area contributed by atoms with Gasteiger partial charge in [-0.05, 0) is 218 Å². The van der Waals surface area contributed by atoms with Crippen LogP contribution in [0.3, 0.4) is 0 Å². The Kier molecular flexibility index (Phi) is 46.6. The molecule has 0 radical (unpaired) electrons. The third-order valence-electron chi connectivity index (χ3n) is 16.5. The molecule has 0 aromatic heterocycles. The topological polar surface area (TPSA) is 352 Å². The number of isocyanates is 3. The van der Waals surface area contributed by atoms with Crippen LogP contribution in [0.2, 0.25) is 0 Å². The average Bonchev–Trinajstić information content (AvgIpc) is 0.823. The standard InChI is InChI=1S/C56H52N3O11PS5.C21H12N3O6PS.C15H16OS2.C5H8O3/c1-2-53(60)64-35-36-65-54(61)57-41-23-29-44(30-24-41)68-71(72,69-45-31-25-42(26-32-45)58-55(62)66-47(37-73-49-15-7-3-8-16-49)38-74-50-17-9-4-10-18-50)70-46-33-27-43(28-34-46)59-56(63)67-48(39-75-51-19-11-5-12-20-51)40-76-52-21-13-6-14-22-52;25-13-22-16-1-7-19(8-2-16)28-31(32,29-20-9-3-17(4-10-20)23-14-26)30-21-11-5-18(6-12-21)24-15-27;16-13(11-17-14-7-3-1-4-8-14)12-18-15-9-5-2-6-10-15;1-2-5(7)8-4-3-6/h2-34,47-48H,1,35-40H2,(H,57,61)(H,58,62)(H,59,63);1-12H;1-10,13,16H,11-12H2;2,6H,1,3-4H2. The molecular formula is C97H88N6O21P2S8. The van der Waals surface area contributed by atoms with Gasteiger partial charge >= 0.3 is 43.7 Å². The minimum absolute atomic E-state index is 0.0465. The minimum atomic E-state index is -3.77.